The molecule has 1 rings (SSSR count). The van der Waals surface area contributed by atoms with Crippen molar-refractivity contribution in [1.29, 1.82) is 0 Å². The number of nitrogens with one attached hydrogen (secondary N) is 2. The lowest BCUT2D eigenvalue weighted by Gasteiger charge is -2.02. The van der Waals surface area contributed by atoms with Crippen molar-refractivity contribution in [2.24, 2.45) is 5.73 Å². The minimum Gasteiger partial charge on any atom is -0.352 e. The van der Waals surface area contributed by atoms with Crippen LogP contribution in [0.2, 0.25) is 4.34 Å². The molecule has 0 aliphatic heterocycles. The summed E-state index contributed by atoms with van der Waals surface area (Å²) in [4.78, 5) is 14.4. The standard InChI is InChI=1S/C7H11ClN4OS/c8-5-3-12-6(14-5)4-10-1-2-11-7(9)13/h3,10H,1-2,4H2,(H3,9,11,13). The molecule has 4 N–H and O–H groups in total. The summed E-state index contributed by atoms with van der Waals surface area (Å²) in [7, 11) is 0. The monoisotopic (exact) mass is 234 g/mol. The van der Waals surface area contributed by atoms with Crippen molar-refractivity contribution in [1.82, 2.24) is 15.6 Å². The summed E-state index contributed by atoms with van der Waals surface area (Å²) >= 11 is 7.13. The van der Waals surface area contributed by atoms with Gasteiger partial charge < -0.3 is 16.4 Å². The topological polar surface area (TPSA) is 80.0 Å². The number of primary amides is 1. The minimum absolute atomic E-state index is 0.508. The fraction of sp³-hybridized carbons (Fsp3) is 0.429. The van der Waals surface area contributed by atoms with Gasteiger partial charge >= 0.3 is 6.03 Å². The van der Waals surface area contributed by atoms with Crippen molar-refractivity contribution in [3.63, 3.8) is 0 Å². The fourth-order valence-corrected chi connectivity index (χ4v) is 1.77. The number of rotatable bonds is 5. The summed E-state index contributed by atoms with van der Waals surface area (Å²) in [6, 6.07) is -0.510. The van der Waals surface area contributed by atoms with Crippen molar-refractivity contribution in [3.05, 3.63) is 15.5 Å². The molecule has 0 spiro atoms. The quantitative estimate of drug-likeness (QED) is 0.651. The Hall–Kier alpha value is -0.850. The van der Waals surface area contributed by atoms with Gasteiger partial charge in [-0.05, 0) is 0 Å². The second-order valence-corrected chi connectivity index (χ2v) is 4.27. The highest BCUT2D eigenvalue weighted by Crippen LogP contribution is 2.17. The van der Waals surface area contributed by atoms with Crippen LogP contribution < -0.4 is 16.4 Å². The van der Waals surface area contributed by atoms with Crippen molar-refractivity contribution in [2.45, 2.75) is 6.54 Å². The molecule has 0 aliphatic rings. The van der Waals surface area contributed by atoms with Gasteiger partial charge in [-0.2, -0.15) is 0 Å². The van der Waals surface area contributed by atoms with E-state index in [9.17, 15) is 4.79 Å². The van der Waals surface area contributed by atoms with E-state index >= 15 is 0 Å². The molecule has 2 amide bonds. The van der Waals surface area contributed by atoms with E-state index in [1.54, 1.807) is 6.20 Å². The van der Waals surface area contributed by atoms with E-state index in [0.29, 0.717) is 24.0 Å². The predicted molar refractivity (Wildman–Crippen MR) is 56.4 cm³/mol. The number of hydrogen-bond donors (Lipinski definition) is 3. The van der Waals surface area contributed by atoms with Crippen LogP contribution in [0.3, 0.4) is 0 Å². The van der Waals surface area contributed by atoms with E-state index in [1.807, 2.05) is 0 Å². The van der Waals surface area contributed by atoms with Crippen molar-refractivity contribution < 1.29 is 4.79 Å². The number of carbonyl (C=O) groups excluding carboxylic acids is 1. The van der Waals surface area contributed by atoms with Crippen LogP contribution in [0.25, 0.3) is 0 Å². The molecule has 0 atom stereocenters. The molecule has 0 fully saturated rings. The van der Waals surface area contributed by atoms with Crippen LogP contribution in [-0.2, 0) is 6.54 Å². The van der Waals surface area contributed by atoms with E-state index < -0.39 is 6.03 Å². The van der Waals surface area contributed by atoms with Crippen LogP contribution in [0.5, 0.6) is 0 Å². The van der Waals surface area contributed by atoms with Gasteiger partial charge in [-0.1, -0.05) is 11.6 Å². The Kier molecular flexibility index (Phi) is 4.64. The van der Waals surface area contributed by atoms with Crippen LogP contribution in [0.1, 0.15) is 5.01 Å². The summed E-state index contributed by atoms with van der Waals surface area (Å²) in [5.41, 5.74) is 4.88. The highest BCUT2D eigenvalue weighted by molar-refractivity contribution is 7.15. The molecule has 0 aliphatic carbocycles. The Morgan fingerprint density at radius 3 is 3.00 bits per heavy atom. The molecule has 5 nitrogen and oxygen atoms in total. The van der Waals surface area contributed by atoms with Crippen LogP contribution in [0, 0.1) is 0 Å². The summed E-state index contributed by atoms with van der Waals surface area (Å²) in [5, 5.41) is 6.48. The first-order valence-electron chi connectivity index (χ1n) is 4.02. The van der Waals surface area contributed by atoms with Gasteiger partial charge in [0.2, 0.25) is 0 Å². The van der Waals surface area contributed by atoms with Crippen molar-refractivity contribution in [2.75, 3.05) is 13.1 Å². The second kappa shape index (κ2) is 5.79. The maximum absolute atomic E-state index is 10.3. The average molecular weight is 235 g/mol. The van der Waals surface area contributed by atoms with E-state index in [2.05, 4.69) is 15.6 Å². The lowest BCUT2D eigenvalue weighted by molar-refractivity contribution is 0.249. The largest absolute Gasteiger partial charge is 0.352 e. The number of thiazole rings is 1. The van der Waals surface area contributed by atoms with Gasteiger partial charge in [0.05, 0.1) is 6.20 Å². The third-order valence-electron chi connectivity index (χ3n) is 1.40. The van der Waals surface area contributed by atoms with Gasteiger partial charge in [-0.15, -0.1) is 11.3 Å². The zero-order valence-electron chi connectivity index (χ0n) is 7.42. The van der Waals surface area contributed by atoms with Crippen LogP contribution in [-0.4, -0.2) is 24.1 Å². The maximum atomic E-state index is 10.3. The highest BCUT2D eigenvalue weighted by Gasteiger charge is 1.98. The molecule has 0 radical (unpaired) electrons. The number of halogens is 1. The summed E-state index contributed by atoms with van der Waals surface area (Å²) in [6.45, 7) is 1.81. The molecule has 0 saturated heterocycles. The number of amides is 2. The number of nitrogens with zero attached hydrogens (tertiary/aromatic N) is 1. The van der Waals surface area contributed by atoms with E-state index in [4.69, 9.17) is 17.3 Å². The Bertz CT molecular complexity index is 304. The SMILES string of the molecule is NC(=O)NCCNCc1ncc(Cl)s1. The van der Waals surface area contributed by atoms with Crippen molar-refractivity contribution in [3.8, 4) is 0 Å². The Morgan fingerprint density at radius 1 is 1.64 bits per heavy atom. The molecule has 1 aromatic rings. The molecule has 14 heavy (non-hydrogen) atoms. The normalized spacial score (nSPS) is 10.1. The summed E-state index contributed by atoms with van der Waals surface area (Å²) in [5.74, 6) is 0. The molecular weight excluding hydrogens is 224 g/mol. The zero-order chi connectivity index (χ0) is 10.4. The van der Waals surface area contributed by atoms with Gasteiger partial charge in [0.25, 0.3) is 0 Å². The molecular formula is C7H11ClN4OS. The van der Waals surface area contributed by atoms with E-state index in [-0.39, 0.29) is 0 Å². The fourth-order valence-electron chi connectivity index (χ4n) is 0.839. The molecule has 0 unspecified atom stereocenters. The first-order valence-corrected chi connectivity index (χ1v) is 5.22. The number of urea groups is 1. The number of hydrogen-bond acceptors (Lipinski definition) is 4. The Balaban J connectivity index is 2.07. The molecule has 0 aromatic carbocycles. The van der Waals surface area contributed by atoms with Gasteiger partial charge in [-0.3, -0.25) is 0 Å². The Labute approximate surface area is 90.7 Å². The third-order valence-corrected chi connectivity index (χ3v) is 2.52. The number of aromatic nitrogens is 1. The molecule has 0 saturated carbocycles. The van der Waals surface area contributed by atoms with Gasteiger partial charge in [0, 0.05) is 19.6 Å². The second-order valence-electron chi connectivity index (χ2n) is 2.53. The first-order chi connectivity index (χ1) is 6.68. The van der Waals surface area contributed by atoms with E-state index in [1.165, 1.54) is 11.3 Å². The lowest BCUT2D eigenvalue weighted by Crippen LogP contribution is -2.35. The van der Waals surface area contributed by atoms with Crippen LogP contribution in [0.4, 0.5) is 4.79 Å². The summed E-state index contributed by atoms with van der Waals surface area (Å²) in [6.07, 6.45) is 1.62. The Morgan fingerprint density at radius 2 is 2.43 bits per heavy atom. The predicted octanol–water partition coefficient (Wildman–Crippen LogP) is 0.554. The molecule has 0 bridgehead atoms. The maximum Gasteiger partial charge on any atom is 0.312 e. The van der Waals surface area contributed by atoms with Gasteiger partial charge in [0.1, 0.15) is 9.34 Å². The lowest BCUT2D eigenvalue weighted by atomic mass is 10.5. The van der Waals surface area contributed by atoms with E-state index in [0.717, 1.165) is 5.01 Å². The molecule has 78 valence electrons. The van der Waals surface area contributed by atoms with Crippen molar-refractivity contribution >= 4 is 29.0 Å². The van der Waals surface area contributed by atoms with Gasteiger partial charge in [0.15, 0.2) is 0 Å². The van der Waals surface area contributed by atoms with Crippen LogP contribution >= 0.6 is 22.9 Å². The summed E-state index contributed by atoms with van der Waals surface area (Å²) < 4.78 is 0.678. The molecule has 1 heterocycles. The van der Waals surface area contributed by atoms with Gasteiger partial charge in [-0.25, -0.2) is 9.78 Å². The first kappa shape index (κ1) is 11.2. The zero-order valence-corrected chi connectivity index (χ0v) is 8.99. The smallest absolute Gasteiger partial charge is 0.312 e. The molecule has 7 heteroatoms. The minimum atomic E-state index is -0.510. The average Bonchev–Trinajstić information content (AvgIpc) is 2.50. The highest BCUT2D eigenvalue weighted by atomic mass is 35.5. The molecule has 1 aromatic heterocycles. The van der Waals surface area contributed by atoms with Crippen LogP contribution in [0.15, 0.2) is 6.20 Å². The number of carbonyl (C=O) groups is 1. The third kappa shape index (κ3) is 4.40. The number of nitrogens with two attached hydrogens (primary N) is 1.